The van der Waals surface area contributed by atoms with Crippen molar-refractivity contribution in [2.75, 3.05) is 0 Å². The predicted molar refractivity (Wildman–Crippen MR) is 61.9 cm³/mol. The lowest BCUT2D eigenvalue weighted by Crippen LogP contribution is -2.36. The highest BCUT2D eigenvalue weighted by Gasteiger charge is 2.27. The molecule has 0 aromatic carbocycles. The molecule has 0 aliphatic carbocycles. The molecule has 0 saturated carbocycles. The van der Waals surface area contributed by atoms with Gasteiger partial charge in [0.2, 0.25) is 6.10 Å². The number of ether oxygens (including phenoxy) is 2. The fraction of sp³-hybridized carbons (Fsp3) is 0.800. The minimum absolute atomic E-state index is 0. The summed E-state index contributed by atoms with van der Waals surface area (Å²) in [6.45, 7) is 8.29. The van der Waals surface area contributed by atoms with Crippen LogP contribution in [0.5, 0.6) is 0 Å². The van der Waals surface area contributed by atoms with Gasteiger partial charge in [0, 0.05) is 0 Å². The second kappa shape index (κ2) is 7.86. The van der Waals surface area contributed by atoms with Crippen molar-refractivity contribution in [3.63, 3.8) is 0 Å². The zero-order valence-electron chi connectivity index (χ0n) is 9.37. The fourth-order valence-corrected chi connectivity index (χ4v) is 0.884. The summed E-state index contributed by atoms with van der Waals surface area (Å²) >= 11 is 0. The maximum atomic E-state index is 11.4. The molecule has 15 heavy (non-hydrogen) atoms. The van der Waals surface area contributed by atoms with Crippen molar-refractivity contribution in [2.45, 2.75) is 52.9 Å². The van der Waals surface area contributed by atoms with Gasteiger partial charge in [-0.2, -0.15) is 0 Å². The van der Waals surface area contributed by atoms with Gasteiger partial charge in [0.15, 0.2) is 23.1 Å². The summed E-state index contributed by atoms with van der Waals surface area (Å²) in [7, 11) is 0. The van der Waals surface area contributed by atoms with E-state index in [4.69, 9.17) is 9.47 Å². The topological polar surface area (TPSA) is 52.6 Å². The lowest BCUT2D eigenvalue weighted by molar-refractivity contribution is -0.167. The number of carbonyl (C=O) groups excluding carboxylic acids is 2. The van der Waals surface area contributed by atoms with E-state index in [0.717, 1.165) is 0 Å². The Kier molecular flexibility index (Phi) is 8.93. The highest BCUT2D eigenvalue weighted by Crippen LogP contribution is 2.04. The Labute approximate surface area is 101 Å². The molecular weight excluding hydrogens is 211 g/mol. The van der Waals surface area contributed by atoms with Crippen molar-refractivity contribution in [3.05, 3.63) is 0 Å². The molecule has 0 fully saturated rings. The summed E-state index contributed by atoms with van der Waals surface area (Å²) in [5.41, 5.74) is 0. The van der Waals surface area contributed by atoms with Crippen LogP contribution < -0.4 is 0 Å². The van der Waals surface area contributed by atoms with Crippen LogP contribution in [0.1, 0.15) is 34.6 Å². The van der Waals surface area contributed by atoms with Crippen molar-refractivity contribution in [1.29, 1.82) is 0 Å². The summed E-state index contributed by atoms with van der Waals surface area (Å²) in [6, 6.07) is 0. The third-order valence-electron chi connectivity index (χ3n) is 1.34. The molecule has 0 N–H and O–H groups in total. The maximum Gasteiger partial charge on any atom is 0.343 e. The molecule has 0 rings (SSSR count). The minimum atomic E-state index is -1.09. The van der Waals surface area contributed by atoms with Crippen LogP contribution in [0.4, 0.5) is 0 Å². The first-order valence-electron chi connectivity index (χ1n) is 4.71. The average Bonchev–Trinajstić information content (AvgIpc) is 1.97. The van der Waals surface area contributed by atoms with E-state index >= 15 is 0 Å². The normalized spacial score (nSPS) is 12.2. The minimum Gasteiger partial charge on any atom is -0.461 e. The Morgan fingerprint density at radius 2 is 1.47 bits per heavy atom. The number of hydrogen-bond donors (Lipinski definition) is 0. The van der Waals surface area contributed by atoms with Crippen LogP contribution in [0.25, 0.3) is 0 Å². The van der Waals surface area contributed by atoms with Crippen LogP contribution in [0.15, 0.2) is 0 Å². The molecule has 5 heteroatoms. The standard InChI is InChI=1S/C10H18O4.Al.3H/c1-6(2)13-9(8(5)11)10(12)14-7(3)4;;;;/h6-7,9H,1-5H3;;;;. The van der Waals surface area contributed by atoms with Gasteiger partial charge in [-0.05, 0) is 34.6 Å². The Balaban J connectivity index is 0. The van der Waals surface area contributed by atoms with Crippen molar-refractivity contribution in [1.82, 2.24) is 0 Å². The molecular formula is C10H21AlO4. The number of ketones is 1. The van der Waals surface area contributed by atoms with Gasteiger partial charge in [-0.15, -0.1) is 0 Å². The number of rotatable bonds is 5. The van der Waals surface area contributed by atoms with E-state index in [-0.39, 0.29) is 35.4 Å². The molecule has 1 unspecified atom stereocenters. The number of Topliss-reactive ketones (excluding diaryl/α,β-unsaturated/α-hetero) is 1. The molecule has 0 saturated heterocycles. The lowest BCUT2D eigenvalue weighted by Gasteiger charge is -2.17. The predicted octanol–water partition coefficient (Wildman–Crippen LogP) is 0.137. The van der Waals surface area contributed by atoms with E-state index in [1.165, 1.54) is 6.92 Å². The van der Waals surface area contributed by atoms with E-state index < -0.39 is 12.1 Å². The monoisotopic (exact) mass is 232 g/mol. The zero-order valence-corrected chi connectivity index (χ0v) is 9.37. The van der Waals surface area contributed by atoms with Gasteiger partial charge in [0.1, 0.15) is 0 Å². The Bertz CT molecular complexity index is 213. The van der Waals surface area contributed by atoms with Crippen LogP contribution in [-0.4, -0.2) is 47.4 Å². The van der Waals surface area contributed by atoms with Crippen molar-refractivity contribution >= 4 is 29.1 Å². The fourth-order valence-electron chi connectivity index (χ4n) is 0.884. The summed E-state index contributed by atoms with van der Waals surface area (Å²) in [6.07, 6.45) is -1.50. The Hall–Kier alpha value is -0.368. The van der Waals surface area contributed by atoms with Gasteiger partial charge in [0.25, 0.3) is 0 Å². The van der Waals surface area contributed by atoms with Crippen LogP contribution >= 0.6 is 0 Å². The third kappa shape index (κ3) is 7.55. The highest BCUT2D eigenvalue weighted by atomic mass is 27.0. The van der Waals surface area contributed by atoms with Gasteiger partial charge in [0.05, 0.1) is 12.2 Å². The van der Waals surface area contributed by atoms with Gasteiger partial charge in [-0.3, -0.25) is 4.79 Å². The first kappa shape index (κ1) is 17.0. The molecule has 0 aliphatic heterocycles. The zero-order chi connectivity index (χ0) is 11.3. The van der Waals surface area contributed by atoms with Gasteiger partial charge in [-0.25, -0.2) is 4.79 Å². The second-order valence-corrected chi connectivity index (χ2v) is 3.66. The molecule has 0 amide bonds. The van der Waals surface area contributed by atoms with Crippen molar-refractivity contribution < 1.29 is 19.1 Å². The van der Waals surface area contributed by atoms with E-state index in [0.29, 0.717) is 0 Å². The van der Waals surface area contributed by atoms with Gasteiger partial charge < -0.3 is 9.47 Å². The SMILES string of the molecule is CC(=O)C(OC(C)C)C(=O)OC(C)C.[AlH3]. The second-order valence-electron chi connectivity index (χ2n) is 3.66. The molecule has 0 aromatic rings. The van der Waals surface area contributed by atoms with Crippen LogP contribution in [0.3, 0.4) is 0 Å². The molecule has 0 radical (unpaired) electrons. The smallest absolute Gasteiger partial charge is 0.343 e. The largest absolute Gasteiger partial charge is 0.461 e. The number of hydrogen-bond acceptors (Lipinski definition) is 4. The van der Waals surface area contributed by atoms with E-state index in [1.54, 1.807) is 27.7 Å². The summed E-state index contributed by atoms with van der Waals surface area (Å²) in [5.74, 6) is -0.939. The number of esters is 1. The van der Waals surface area contributed by atoms with E-state index in [9.17, 15) is 9.59 Å². The third-order valence-corrected chi connectivity index (χ3v) is 1.34. The average molecular weight is 232 g/mol. The van der Waals surface area contributed by atoms with Crippen molar-refractivity contribution in [3.8, 4) is 0 Å². The molecule has 1 atom stereocenters. The molecule has 0 aromatic heterocycles. The number of carbonyl (C=O) groups is 2. The lowest BCUT2D eigenvalue weighted by atomic mass is 10.2. The van der Waals surface area contributed by atoms with Crippen molar-refractivity contribution in [2.24, 2.45) is 0 Å². The van der Waals surface area contributed by atoms with Crippen LogP contribution in [-0.2, 0) is 19.1 Å². The van der Waals surface area contributed by atoms with E-state index in [1.807, 2.05) is 0 Å². The van der Waals surface area contributed by atoms with E-state index in [2.05, 4.69) is 0 Å². The Morgan fingerprint density at radius 3 is 1.73 bits per heavy atom. The quantitative estimate of drug-likeness (QED) is 0.384. The Morgan fingerprint density at radius 1 is 1.00 bits per heavy atom. The first-order chi connectivity index (χ1) is 6.34. The molecule has 0 bridgehead atoms. The van der Waals surface area contributed by atoms with Crippen LogP contribution in [0.2, 0.25) is 0 Å². The summed E-state index contributed by atoms with van der Waals surface area (Å²) < 4.78 is 10.0. The molecule has 0 spiro atoms. The van der Waals surface area contributed by atoms with Gasteiger partial charge >= 0.3 is 5.97 Å². The van der Waals surface area contributed by atoms with Crippen LogP contribution in [0, 0.1) is 0 Å². The summed E-state index contributed by atoms with van der Waals surface area (Å²) in [5, 5.41) is 0. The highest BCUT2D eigenvalue weighted by molar-refractivity contribution is 6.00. The summed E-state index contributed by atoms with van der Waals surface area (Å²) in [4.78, 5) is 22.4. The molecule has 0 aliphatic rings. The molecule has 88 valence electrons. The first-order valence-corrected chi connectivity index (χ1v) is 4.71. The maximum absolute atomic E-state index is 11.4. The molecule has 4 nitrogen and oxygen atoms in total. The van der Waals surface area contributed by atoms with Gasteiger partial charge in [-0.1, -0.05) is 0 Å². The molecule has 0 heterocycles.